The Morgan fingerprint density at radius 2 is 1.85 bits per heavy atom. The van der Waals surface area contributed by atoms with Crippen molar-refractivity contribution in [3.63, 3.8) is 0 Å². The van der Waals surface area contributed by atoms with Crippen LogP contribution >= 0.6 is 0 Å². The summed E-state index contributed by atoms with van der Waals surface area (Å²) in [6.45, 7) is 4.91. The maximum atomic E-state index is 12.2. The maximum absolute atomic E-state index is 12.2. The largest absolute Gasteiger partial charge is 0.488 e. The molecule has 0 radical (unpaired) electrons. The number of nitrogens with zero attached hydrogens (tertiary/aromatic N) is 1. The van der Waals surface area contributed by atoms with Crippen LogP contribution in [0.25, 0.3) is 5.57 Å². The molecule has 1 saturated heterocycles. The number of hydrogen-bond acceptors (Lipinski definition) is 5. The van der Waals surface area contributed by atoms with Crippen molar-refractivity contribution in [1.29, 1.82) is 0 Å². The Kier molecular flexibility index (Phi) is 6.04. The van der Waals surface area contributed by atoms with Crippen LogP contribution in [0.2, 0.25) is 0 Å². The van der Waals surface area contributed by atoms with E-state index in [1.807, 2.05) is 18.2 Å². The second-order valence-corrected chi connectivity index (χ2v) is 9.82. The smallest absolute Gasteiger partial charge is 0.310 e. The summed E-state index contributed by atoms with van der Waals surface area (Å²) < 4.78 is 11.6. The van der Waals surface area contributed by atoms with Gasteiger partial charge >= 0.3 is 5.97 Å². The van der Waals surface area contributed by atoms with E-state index >= 15 is 0 Å². The molecule has 0 spiro atoms. The first-order valence-corrected chi connectivity index (χ1v) is 12.0. The number of ether oxygens (including phenoxy) is 2. The van der Waals surface area contributed by atoms with Crippen LogP contribution in [0.3, 0.4) is 0 Å². The first kappa shape index (κ1) is 22.8. The summed E-state index contributed by atoms with van der Waals surface area (Å²) in [4.78, 5) is 26.1. The lowest BCUT2D eigenvalue weighted by molar-refractivity contribution is -0.144. The minimum Gasteiger partial charge on any atom is -0.488 e. The van der Waals surface area contributed by atoms with Gasteiger partial charge in [0.1, 0.15) is 12.4 Å². The highest BCUT2D eigenvalue weighted by Crippen LogP contribution is 2.47. The third-order valence-corrected chi connectivity index (χ3v) is 7.44. The highest BCUT2D eigenvalue weighted by Gasteiger charge is 2.51. The second kappa shape index (κ2) is 9.01. The summed E-state index contributed by atoms with van der Waals surface area (Å²) in [5, 5.41) is 9.59. The molecule has 2 fully saturated rings. The quantitative estimate of drug-likeness (QED) is 0.629. The standard InChI is InChI=1S/C28H31NO5/c1-18(30)21-4-6-25-24(14-21)26(23-5-3-19(15-33-2)13-22(23)16-34-25)20-7-11-29(12-8-20)17-28(9-10-28)27(31)32/h3-6,13-14H,7-12,15-17H2,1-2H3,(H,31,32). The van der Waals surface area contributed by atoms with Crippen molar-refractivity contribution in [3.8, 4) is 5.75 Å². The Bertz CT molecular complexity index is 1170. The molecule has 0 amide bonds. The number of carbonyl (C=O) groups is 2. The number of carboxylic acids is 1. The molecule has 1 aliphatic carbocycles. The molecule has 2 aliphatic heterocycles. The number of piperidine rings is 1. The molecule has 0 atom stereocenters. The maximum Gasteiger partial charge on any atom is 0.310 e. The predicted molar refractivity (Wildman–Crippen MR) is 129 cm³/mol. The van der Waals surface area contributed by atoms with E-state index in [1.165, 1.54) is 5.57 Å². The Morgan fingerprint density at radius 1 is 1.09 bits per heavy atom. The van der Waals surface area contributed by atoms with Crippen molar-refractivity contribution in [2.75, 3.05) is 26.7 Å². The van der Waals surface area contributed by atoms with Gasteiger partial charge in [0, 0.05) is 37.9 Å². The van der Waals surface area contributed by atoms with Gasteiger partial charge in [-0.05, 0) is 79.1 Å². The fraction of sp³-hybridized carbons (Fsp3) is 0.429. The Balaban J connectivity index is 1.53. The zero-order valence-electron chi connectivity index (χ0n) is 19.9. The second-order valence-electron chi connectivity index (χ2n) is 9.82. The minimum atomic E-state index is -0.663. The van der Waals surface area contributed by atoms with Crippen molar-refractivity contribution in [2.45, 2.75) is 45.8 Å². The lowest BCUT2D eigenvalue weighted by Gasteiger charge is -2.32. The van der Waals surface area contributed by atoms with Crippen LogP contribution in [0.5, 0.6) is 5.75 Å². The van der Waals surface area contributed by atoms with Crippen molar-refractivity contribution >= 4 is 17.3 Å². The zero-order chi connectivity index (χ0) is 23.9. The van der Waals surface area contributed by atoms with Crippen molar-refractivity contribution in [3.05, 3.63) is 69.8 Å². The highest BCUT2D eigenvalue weighted by molar-refractivity contribution is 5.97. The fourth-order valence-electron chi connectivity index (χ4n) is 5.27. The molecule has 0 unspecified atom stereocenters. The van der Waals surface area contributed by atoms with Crippen molar-refractivity contribution in [2.24, 2.45) is 5.41 Å². The van der Waals surface area contributed by atoms with Gasteiger partial charge in [0.25, 0.3) is 0 Å². The van der Waals surface area contributed by atoms with Crippen LogP contribution in [-0.2, 0) is 22.7 Å². The summed E-state index contributed by atoms with van der Waals surface area (Å²) in [5.41, 5.74) is 6.97. The molecule has 1 N–H and O–H groups in total. The summed E-state index contributed by atoms with van der Waals surface area (Å²) in [7, 11) is 1.69. The number of fused-ring (bicyclic) bond motifs is 2. The predicted octanol–water partition coefficient (Wildman–Crippen LogP) is 4.69. The average molecular weight is 462 g/mol. The molecule has 34 heavy (non-hydrogen) atoms. The first-order valence-electron chi connectivity index (χ1n) is 12.0. The van der Waals surface area contributed by atoms with Gasteiger partial charge in [-0.25, -0.2) is 0 Å². The third-order valence-electron chi connectivity index (χ3n) is 7.44. The third kappa shape index (κ3) is 4.28. The Hall–Kier alpha value is -2.96. The van der Waals surface area contributed by atoms with Gasteiger partial charge in [0.15, 0.2) is 5.78 Å². The van der Waals surface area contributed by atoms with Crippen molar-refractivity contribution in [1.82, 2.24) is 4.90 Å². The number of Topliss-reactive ketones (excluding diaryl/α,β-unsaturated/α-hetero) is 1. The molecule has 0 aromatic heterocycles. The first-order chi connectivity index (χ1) is 16.4. The van der Waals surface area contributed by atoms with Crippen LogP contribution in [0, 0.1) is 5.41 Å². The van der Waals surface area contributed by atoms with E-state index in [0.29, 0.717) is 25.3 Å². The number of rotatable bonds is 6. The Labute approximate surface area is 200 Å². The summed E-state index contributed by atoms with van der Waals surface area (Å²) in [6, 6.07) is 12.1. The lowest BCUT2D eigenvalue weighted by atomic mass is 9.85. The van der Waals surface area contributed by atoms with E-state index < -0.39 is 11.4 Å². The van der Waals surface area contributed by atoms with Crippen LogP contribution in [0.1, 0.15) is 65.2 Å². The van der Waals surface area contributed by atoms with Gasteiger partial charge in [-0.15, -0.1) is 0 Å². The summed E-state index contributed by atoms with van der Waals surface area (Å²) >= 11 is 0. The van der Waals surface area contributed by atoms with Gasteiger partial charge in [-0.1, -0.05) is 17.7 Å². The molecule has 1 saturated carbocycles. The highest BCUT2D eigenvalue weighted by atomic mass is 16.5. The SMILES string of the molecule is COCc1ccc2c(c1)COc1ccc(C(C)=O)cc1C2=C1CCN(CC2(C(=O)O)CC2)CC1. The fourth-order valence-corrected chi connectivity index (χ4v) is 5.27. The number of methoxy groups -OCH3 is 1. The molecule has 6 heteroatoms. The van der Waals surface area contributed by atoms with Crippen LogP contribution < -0.4 is 4.74 Å². The molecular weight excluding hydrogens is 430 g/mol. The van der Waals surface area contributed by atoms with E-state index in [1.54, 1.807) is 14.0 Å². The topological polar surface area (TPSA) is 76.1 Å². The summed E-state index contributed by atoms with van der Waals surface area (Å²) in [5.74, 6) is 0.163. The number of carboxylic acid groups (broad SMARTS) is 1. The van der Waals surface area contributed by atoms with Crippen LogP contribution in [0.4, 0.5) is 0 Å². The lowest BCUT2D eigenvalue weighted by Crippen LogP contribution is -2.38. The molecule has 2 heterocycles. The van der Waals surface area contributed by atoms with Gasteiger partial charge in [-0.3, -0.25) is 9.59 Å². The number of benzene rings is 2. The molecular formula is C28H31NO5. The number of aliphatic carboxylic acids is 1. The van der Waals surface area contributed by atoms with E-state index in [4.69, 9.17) is 9.47 Å². The monoisotopic (exact) mass is 461 g/mol. The van der Waals surface area contributed by atoms with E-state index in [2.05, 4.69) is 23.1 Å². The normalized spacial score (nSPS) is 19.0. The Morgan fingerprint density at radius 3 is 2.50 bits per heavy atom. The minimum absolute atomic E-state index is 0.0327. The van der Waals surface area contributed by atoms with Gasteiger partial charge in [-0.2, -0.15) is 0 Å². The molecule has 178 valence electrons. The molecule has 2 aromatic rings. The van der Waals surface area contributed by atoms with Gasteiger partial charge < -0.3 is 19.5 Å². The average Bonchev–Trinajstić information content (AvgIpc) is 3.63. The number of likely N-dealkylation sites (tertiary alicyclic amines) is 1. The van der Waals surface area contributed by atoms with E-state index in [-0.39, 0.29) is 5.78 Å². The number of hydrogen-bond donors (Lipinski definition) is 1. The molecule has 6 nitrogen and oxygen atoms in total. The molecule has 3 aliphatic rings. The van der Waals surface area contributed by atoms with Crippen LogP contribution in [0.15, 0.2) is 42.0 Å². The summed E-state index contributed by atoms with van der Waals surface area (Å²) in [6.07, 6.45) is 3.30. The van der Waals surface area contributed by atoms with E-state index in [9.17, 15) is 14.7 Å². The van der Waals surface area contributed by atoms with Crippen LogP contribution in [-0.4, -0.2) is 48.5 Å². The molecule has 5 rings (SSSR count). The molecule has 2 aromatic carbocycles. The van der Waals surface area contributed by atoms with Gasteiger partial charge in [0.2, 0.25) is 0 Å². The number of ketones is 1. The number of carbonyl (C=O) groups excluding carboxylic acids is 1. The van der Waals surface area contributed by atoms with E-state index in [0.717, 1.165) is 72.3 Å². The molecule has 0 bridgehead atoms. The van der Waals surface area contributed by atoms with Gasteiger partial charge in [0.05, 0.1) is 12.0 Å². The van der Waals surface area contributed by atoms with Crippen molar-refractivity contribution < 1.29 is 24.2 Å². The zero-order valence-corrected chi connectivity index (χ0v) is 19.9.